The van der Waals surface area contributed by atoms with E-state index in [9.17, 15) is 14.3 Å². The Bertz CT molecular complexity index is 674. The van der Waals surface area contributed by atoms with E-state index in [4.69, 9.17) is 10.5 Å². The average Bonchev–Trinajstić information content (AvgIpc) is 2.47. The standard InChI is InChI=1S/C15H15FN2O3/c1-21-14-5-2-9(7-12(14)16)15(20)18-8-10-6-11(17)3-4-13(10)19/h2-7,19H,8,17H2,1H3,(H,18,20). The highest BCUT2D eigenvalue weighted by atomic mass is 19.1. The molecule has 0 bridgehead atoms. The van der Waals surface area contributed by atoms with Gasteiger partial charge in [-0.2, -0.15) is 0 Å². The zero-order valence-electron chi connectivity index (χ0n) is 11.4. The number of nitrogens with one attached hydrogen (secondary N) is 1. The van der Waals surface area contributed by atoms with Crippen LogP contribution < -0.4 is 15.8 Å². The molecule has 0 aliphatic rings. The maximum absolute atomic E-state index is 13.5. The summed E-state index contributed by atoms with van der Waals surface area (Å²) in [4.78, 5) is 11.9. The van der Waals surface area contributed by atoms with E-state index in [2.05, 4.69) is 5.32 Å². The third kappa shape index (κ3) is 3.42. The van der Waals surface area contributed by atoms with Crippen LogP contribution >= 0.6 is 0 Å². The van der Waals surface area contributed by atoms with Crippen LogP contribution in [-0.4, -0.2) is 18.1 Å². The number of phenolic OH excluding ortho intramolecular Hbond substituents is 1. The topological polar surface area (TPSA) is 84.6 Å². The van der Waals surface area contributed by atoms with E-state index in [-0.39, 0.29) is 23.6 Å². The van der Waals surface area contributed by atoms with Crippen LogP contribution in [0.2, 0.25) is 0 Å². The van der Waals surface area contributed by atoms with Crippen molar-refractivity contribution in [2.75, 3.05) is 12.8 Å². The minimum absolute atomic E-state index is 0.0328. The molecule has 110 valence electrons. The molecule has 0 fully saturated rings. The maximum atomic E-state index is 13.5. The van der Waals surface area contributed by atoms with Crippen molar-refractivity contribution >= 4 is 11.6 Å². The molecule has 0 spiro atoms. The molecule has 2 aromatic carbocycles. The Hall–Kier alpha value is -2.76. The van der Waals surface area contributed by atoms with Crippen molar-refractivity contribution in [3.8, 4) is 11.5 Å². The molecule has 0 atom stereocenters. The first kappa shape index (κ1) is 14.6. The molecule has 6 heteroatoms. The number of aromatic hydroxyl groups is 1. The summed E-state index contributed by atoms with van der Waals surface area (Å²) in [7, 11) is 1.35. The van der Waals surface area contributed by atoms with Crippen molar-refractivity contribution in [2.45, 2.75) is 6.54 Å². The summed E-state index contributed by atoms with van der Waals surface area (Å²) in [6.45, 7) is 0.0867. The van der Waals surface area contributed by atoms with Crippen LogP contribution in [0.5, 0.6) is 11.5 Å². The smallest absolute Gasteiger partial charge is 0.251 e. The SMILES string of the molecule is COc1ccc(C(=O)NCc2cc(N)ccc2O)cc1F. The number of nitrogens with two attached hydrogens (primary N) is 1. The second-order valence-corrected chi connectivity index (χ2v) is 4.42. The van der Waals surface area contributed by atoms with Crippen molar-refractivity contribution in [3.63, 3.8) is 0 Å². The minimum atomic E-state index is -0.614. The van der Waals surface area contributed by atoms with Gasteiger partial charge in [0.15, 0.2) is 11.6 Å². The first-order valence-corrected chi connectivity index (χ1v) is 6.20. The van der Waals surface area contributed by atoms with E-state index >= 15 is 0 Å². The van der Waals surface area contributed by atoms with Crippen LogP contribution in [0, 0.1) is 5.82 Å². The molecule has 0 radical (unpaired) electrons. The molecular formula is C15H15FN2O3. The van der Waals surface area contributed by atoms with Crippen LogP contribution in [0.15, 0.2) is 36.4 Å². The number of rotatable bonds is 4. The van der Waals surface area contributed by atoms with E-state index < -0.39 is 11.7 Å². The van der Waals surface area contributed by atoms with Crippen molar-refractivity contribution in [3.05, 3.63) is 53.3 Å². The lowest BCUT2D eigenvalue weighted by Gasteiger charge is -2.09. The molecule has 2 rings (SSSR count). The number of methoxy groups -OCH3 is 1. The number of ether oxygens (including phenoxy) is 1. The van der Waals surface area contributed by atoms with Gasteiger partial charge in [0.1, 0.15) is 5.75 Å². The molecule has 0 saturated carbocycles. The van der Waals surface area contributed by atoms with Gasteiger partial charge in [-0.1, -0.05) is 0 Å². The van der Waals surface area contributed by atoms with Crippen LogP contribution in [0.1, 0.15) is 15.9 Å². The predicted molar refractivity (Wildman–Crippen MR) is 76.6 cm³/mol. The zero-order chi connectivity index (χ0) is 15.4. The van der Waals surface area contributed by atoms with Crippen molar-refractivity contribution in [2.24, 2.45) is 0 Å². The fraction of sp³-hybridized carbons (Fsp3) is 0.133. The molecule has 0 aliphatic heterocycles. The maximum Gasteiger partial charge on any atom is 0.251 e. The van der Waals surface area contributed by atoms with Gasteiger partial charge in [0, 0.05) is 23.4 Å². The Balaban J connectivity index is 2.08. The second kappa shape index (κ2) is 6.13. The normalized spacial score (nSPS) is 10.2. The quantitative estimate of drug-likeness (QED) is 0.594. The number of nitrogen functional groups attached to an aromatic ring is 1. The number of hydrogen-bond donors (Lipinski definition) is 3. The first-order chi connectivity index (χ1) is 10.0. The van der Waals surface area contributed by atoms with Crippen LogP contribution in [0.4, 0.5) is 10.1 Å². The summed E-state index contributed by atoms with van der Waals surface area (Å²) in [5, 5.41) is 12.2. The number of phenols is 1. The third-order valence-electron chi connectivity index (χ3n) is 2.96. The van der Waals surface area contributed by atoms with Gasteiger partial charge in [0.25, 0.3) is 5.91 Å². The summed E-state index contributed by atoms with van der Waals surface area (Å²) < 4.78 is 18.3. The van der Waals surface area contributed by atoms with Crippen LogP contribution in [0.3, 0.4) is 0 Å². The number of hydrogen-bond acceptors (Lipinski definition) is 4. The third-order valence-corrected chi connectivity index (χ3v) is 2.96. The van der Waals surface area contributed by atoms with Crippen LogP contribution in [0.25, 0.3) is 0 Å². The number of halogens is 1. The molecule has 1 amide bonds. The molecule has 21 heavy (non-hydrogen) atoms. The Morgan fingerprint density at radius 3 is 2.76 bits per heavy atom. The Labute approximate surface area is 121 Å². The Morgan fingerprint density at radius 2 is 2.10 bits per heavy atom. The summed E-state index contributed by atoms with van der Waals surface area (Å²) in [5.74, 6) is -0.972. The molecule has 0 heterocycles. The molecule has 0 saturated heterocycles. The van der Waals surface area contributed by atoms with Gasteiger partial charge in [0.2, 0.25) is 0 Å². The van der Waals surface area contributed by atoms with Crippen molar-refractivity contribution in [1.82, 2.24) is 5.32 Å². The number of carbonyl (C=O) groups excluding carboxylic acids is 1. The molecule has 5 nitrogen and oxygen atoms in total. The van der Waals surface area contributed by atoms with Crippen molar-refractivity contribution in [1.29, 1.82) is 0 Å². The summed E-state index contributed by atoms with van der Waals surface area (Å²) in [6, 6.07) is 8.49. The van der Waals surface area contributed by atoms with E-state index in [1.165, 1.54) is 25.3 Å². The molecule has 4 N–H and O–H groups in total. The lowest BCUT2D eigenvalue weighted by molar-refractivity contribution is 0.0950. The molecule has 2 aromatic rings. The Kier molecular flexibility index (Phi) is 4.27. The van der Waals surface area contributed by atoms with E-state index in [1.54, 1.807) is 12.1 Å². The van der Waals surface area contributed by atoms with Gasteiger partial charge in [-0.05, 0) is 36.4 Å². The van der Waals surface area contributed by atoms with Gasteiger partial charge in [-0.15, -0.1) is 0 Å². The predicted octanol–water partition coefficient (Wildman–Crippen LogP) is 2.05. The average molecular weight is 290 g/mol. The number of carbonyl (C=O) groups is 1. The fourth-order valence-corrected chi connectivity index (χ4v) is 1.83. The minimum Gasteiger partial charge on any atom is -0.508 e. The van der Waals surface area contributed by atoms with Gasteiger partial charge in [-0.25, -0.2) is 4.39 Å². The van der Waals surface area contributed by atoms with E-state index in [0.717, 1.165) is 6.07 Å². The Morgan fingerprint density at radius 1 is 1.33 bits per heavy atom. The lowest BCUT2D eigenvalue weighted by atomic mass is 10.1. The zero-order valence-corrected chi connectivity index (χ0v) is 11.4. The van der Waals surface area contributed by atoms with Crippen molar-refractivity contribution < 1.29 is 19.0 Å². The monoisotopic (exact) mass is 290 g/mol. The molecule has 0 aliphatic carbocycles. The lowest BCUT2D eigenvalue weighted by Crippen LogP contribution is -2.23. The number of amides is 1. The summed E-state index contributed by atoms with van der Waals surface area (Å²) in [5.41, 5.74) is 6.74. The summed E-state index contributed by atoms with van der Waals surface area (Å²) in [6.07, 6.45) is 0. The van der Waals surface area contributed by atoms with Gasteiger partial charge >= 0.3 is 0 Å². The highest BCUT2D eigenvalue weighted by Gasteiger charge is 2.11. The van der Waals surface area contributed by atoms with Gasteiger partial charge < -0.3 is 20.9 Å². The number of benzene rings is 2. The largest absolute Gasteiger partial charge is 0.508 e. The highest BCUT2D eigenvalue weighted by Crippen LogP contribution is 2.20. The summed E-state index contributed by atoms with van der Waals surface area (Å²) >= 11 is 0. The molecular weight excluding hydrogens is 275 g/mol. The van der Waals surface area contributed by atoms with Gasteiger partial charge in [-0.3, -0.25) is 4.79 Å². The van der Waals surface area contributed by atoms with E-state index in [1.807, 2.05) is 0 Å². The highest BCUT2D eigenvalue weighted by molar-refractivity contribution is 5.94. The molecule has 0 aromatic heterocycles. The van der Waals surface area contributed by atoms with E-state index in [0.29, 0.717) is 11.3 Å². The molecule has 0 unspecified atom stereocenters. The van der Waals surface area contributed by atoms with Gasteiger partial charge in [0.05, 0.1) is 7.11 Å². The van der Waals surface area contributed by atoms with Crippen LogP contribution in [-0.2, 0) is 6.54 Å². The number of anilines is 1. The first-order valence-electron chi connectivity index (χ1n) is 6.20. The second-order valence-electron chi connectivity index (χ2n) is 4.42. The fourth-order valence-electron chi connectivity index (χ4n) is 1.83.